The van der Waals surface area contributed by atoms with E-state index in [1.165, 1.54) is 74.2 Å². The summed E-state index contributed by atoms with van der Waals surface area (Å²) < 4.78 is 39.6. The third-order valence-corrected chi connectivity index (χ3v) is 14.1. The van der Waals surface area contributed by atoms with Crippen LogP contribution in [0.25, 0.3) is 6.08 Å². The molecule has 7 heteroatoms. The molecule has 6 rings (SSSR count). The predicted octanol–water partition coefficient (Wildman–Crippen LogP) is 8.40. The monoisotopic (exact) mass is 608 g/mol. The second-order valence-electron chi connectivity index (χ2n) is 15.1. The van der Waals surface area contributed by atoms with Gasteiger partial charge in [-0.25, -0.2) is 0 Å². The van der Waals surface area contributed by atoms with Crippen molar-refractivity contribution in [3.8, 4) is 11.5 Å². The van der Waals surface area contributed by atoms with Crippen LogP contribution in [-0.4, -0.2) is 31.8 Å². The van der Waals surface area contributed by atoms with Crippen LogP contribution in [-0.2, 0) is 16.4 Å². The number of benzene rings is 1. The molecule has 1 aromatic carbocycles. The second-order valence-corrected chi connectivity index (χ2v) is 16.9. The fourth-order valence-electron chi connectivity index (χ4n) is 10.3. The van der Waals surface area contributed by atoms with Crippen LogP contribution in [0.5, 0.6) is 11.5 Å². The van der Waals surface area contributed by atoms with Crippen LogP contribution < -0.4 is 9.47 Å². The Morgan fingerprint density at radius 3 is 2.49 bits per heavy atom. The standard InChI is InChI=1S/C36H52N2O4S/c1-23(2)9-8-10-24(3)29-14-15-30-28-13-11-26-19-32-25(21-36(26,5)31(28)17-18-35(29,30)4)22-37-38(32)43(39,40)27-12-16-33(41-6)34(20-27)42-7/h12,16,19-20,22-24,28-31H,8-11,13-15,17-18,21H2,1-7H3/t24-,28?,29-,30?,31?,35-,36+/m1/s1. The van der Waals surface area contributed by atoms with Crippen LogP contribution in [0.4, 0.5) is 0 Å². The summed E-state index contributed by atoms with van der Waals surface area (Å²) in [5, 5.41) is 4.48. The molecule has 0 N–H and O–H groups in total. The number of hydrogen-bond acceptors (Lipinski definition) is 5. The molecule has 0 bridgehead atoms. The van der Waals surface area contributed by atoms with Gasteiger partial charge in [-0.3, -0.25) is 0 Å². The van der Waals surface area contributed by atoms with Crippen molar-refractivity contribution in [1.29, 1.82) is 0 Å². The first-order valence-electron chi connectivity index (χ1n) is 16.7. The lowest BCUT2D eigenvalue weighted by Gasteiger charge is -2.58. The number of rotatable bonds is 9. The van der Waals surface area contributed by atoms with Crippen LogP contribution in [0.15, 0.2) is 34.9 Å². The molecule has 0 amide bonds. The number of aromatic nitrogens is 2. The van der Waals surface area contributed by atoms with E-state index in [1.807, 2.05) is 0 Å². The Kier molecular flexibility index (Phi) is 8.05. The molecule has 7 atom stereocenters. The molecule has 0 spiro atoms. The van der Waals surface area contributed by atoms with Gasteiger partial charge in [-0.05, 0) is 115 Å². The minimum atomic E-state index is -3.90. The summed E-state index contributed by atoms with van der Waals surface area (Å²) >= 11 is 0. The third-order valence-electron chi connectivity index (χ3n) is 12.5. The molecule has 4 aliphatic carbocycles. The summed E-state index contributed by atoms with van der Waals surface area (Å²) in [4.78, 5) is 0.146. The molecule has 4 aliphatic rings. The average Bonchev–Trinajstić information content (AvgIpc) is 3.55. The Hall–Kier alpha value is -2.28. The van der Waals surface area contributed by atoms with E-state index in [0.29, 0.717) is 22.8 Å². The Labute approximate surface area is 259 Å². The summed E-state index contributed by atoms with van der Waals surface area (Å²) in [5.41, 5.74) is 3.73. The van der Waals surface area contributed by atoms with Crippen molar-refractivity contribution < 1.29 is 17.9 Å². The average molecular weight is 609 g/mol. The van der Waals surface area contributed by atoms with Crippen molar-refractivity contribution in [2.45, 2.75) is 104 Å². The molecule has 0 saturated heterocycles. The molecule has 3 unspecified atom stereocenters. The smallest absolute Gasteiger partial charge is 0.283 e. The van der Waals surface area contributed by atoms with Crippen molar-refractivity contribution in [2.24, 2.45) is 46.3 Å². The van der Waals surface area contributed by atoms with E-state index in [9.17, 15) is 8.42 Å². The van der Waals surface area contributed by atoms with E-state index in [4.69, 9.17) is 9.47 Å². The number of fused-ring (bicyclic) bond motifs is 6. The van der Waals surface area contributed by atoms with Crippen molar-refractivity contribution in [3.05, 3.63) is 41.2 Å². The molecular weight excluding hydrogens is 556 g/mol. The van der Waals surface area contributed by atoms with Gasteiger partial charge in [-0.1, -0.05) is 59.5 Å². The highest BCUT2D eigenvalue weighted by molar-refractivity contribution is 7.89. The Balaban J connectivity index is 1.24. The topological polar surface area (TPSA) is 70.4 Å². The fourth-order valence-corrected chi connectivity index (χ4v) is 11.6. The highest BCUT2D eigenvalue weighted by Crippen LogP contribution is 2.67. The zero-order valence-corrected chi connectivity index (χ0v) is 28.2. The van der Waals surface area contributed by atoms with Gasteiger partial charge in [0.1, 0.15) is 0 Å². The van der Waals surface area contributed by atoms with E-state index in [2.05, 4.69) is 45.8 Å². The predicted molar refractivity (Wildman–Crippen MR) is 172 cm³/mol. The van der Waals surface area contributed by atoms with Crippen LogP contribution in [0, 0.1) is 46.3 Å². The van der Waals surface area contributed by atoms with E-state index in [1.54, 1.807) is 25.4 Å². The number of methoxy groups -OCH3 is 2. The quantitative estimate of drug-likeness (QED) is 0.286. The van der Waals surface area contributed by atoms with Gasteiger partial charge in [0.2, 0.25) is 0 Å². The van der Waals surface area contributed by atoms with Gasteiger partial charge in [0.15, 0.2) is 11.5 Å². The van der Waals surface area contributed by atoms with E-state index in [0.717, 1.165) is 53.7 Å². The largest absolute Gasteiger partial charge is 0.493 e. The van der Waals surface area contributed by atoms with Crippen LogP contribution in [0.1, 0.15) is 104 Å². The van der Waals surface area contributed by atoms with Gasteiger partial charge < -0.3 is 9.47 Å². The highest BCUT2D eigenvalue weighted by Gasteiger charge is 2.59. The molecule has 6 nitrogen and oxygen atoms in total. The second kappa shape index (κ2) is 11.3. The number of ether oxygens (including phenoxy) is 2. The Bertz CT molecular complexity index is 1490. The Morgan fingerprint density at radius 2 is 1.77 bits per heavy atom. The number of allylic oxidation sites excluding steroid dienone is 1. The first-order chi connectivity index (χ1) is 20.4. The number of nitrogens with zero attached hydrogens (tertiary/aromatic N) is 2. The van der Waals surface area contributed by atoms with Gasteiger partial charge >= 0.3 is 0 Å². The summed E-state index contributed by atoms with van der Waals surface area (Å²) in [7, 11) is -0.840. The Morgan fingerprint density at radius 1 is 1.00 bits per heavy atom. The van der Waals surface area contributed by atoms with Crippen LogP contribution >= 0.6 is 0 Å². The first kappa shape index (κ1) is 30.7. The van der Waals surface area contributed by atoms with Crippen LogP contribution in [0.3, 0.4) is 0 Å². The summed E-state index contributed by atoms with van der Waals surface area (Å²) in [6.45, 7) is 12.4. The maximum absolute atomic E-state index is 13.8. The molecular formula is C36H52N2O4S. The molecule has 0 aliphatic heterocycles. The minimum absolute atomic E-state index is 0.0686. The van der Waals surface area contributed by atoms with E-state index < -0.39 is 10.0 Å². The maximum Gasteiger partial charge on any atom is 0.283 e. The highest BCUT2D eigenvalue weighted by atomic mass is 32.2. The van der Waals surface area contributed by atoms with E-state index in [-0.39, 0.29) is 10.3 Å². The van der Waals surface area contributed by atoms with Gasteiger partial charge in [0.05, 0.1) is 31.0 Å². The minimum Gasteiger partial charge on any atom is -0.493 e. The van der Waals surface area contributed by atoms with Crippen molar-refractivity contribution in [2.75, 3.05) is 14.2 Å². The molecule has 2 aromatic rings. The molecule has 3 saturated carbocycles. The maximum atomic E-state index is 13.8. The van der Waals surface area contributed by atoms with Crippen molar-refractivity contribution >= 4 is 16.1 Å². The fraction of sp³-hybridized carbons (Fsp3) is 0.694. The van der Waals surface area contributed by atoms with Gasteiger partial charge in [0.25, 0.3) is 10.0 Å². The van der Waals surface area contributed by atoms with Crippen molar-refractivity contribution in [3.63, 3.8) is 0 Å². The van der Waals surface area contributed by atoms with Crippen molar-refractivity contribution in [1.82, 2.24) is 9.19 Å². The molecule has 43 heavy (non-hydrogen) atoms. The van der Waals surface area contributed by atoms with Crippen LogP contribution in [0.2, 0.25) is 0 Å². The summed E-state index contributed by atoms with van der Waals surface area (Å²) in [6, 6.07) is 4.72. The SMILES string of the molecule is COc1ccc(S(=O)(=O)n2ncc3c2C=C2CCC4C(CC[C@@]5(C)C4CC[C@@H]5[C@H](C)CCCC(C)C)[C@@]2(C)C3)cc1OC. The first-order valence-corrected chi connectivity index (χ1v) is 18.1. The molecule has 3 fully saturated rings. The zero-order chi connectivity index (χ0) is 30.7. The molecule has 1 aromatic heterocycles. The van der Waals surface area contributed by atoms with E-state index >= 15 is 0 Å². The lowest BCUT2D eigenvalue weighted by molar-refractivity contribution is -0.0550. The number of hydrogen-bond donors (Lipinski definition) is 0. The molecule has 236 valence electrons. The molecule has 0 radical (unpaired) electrons. The van der Waals surface area contributed by atoms with Gasteiger partial charge in [-0.15, -0.1) is 0 Å². The third kappa shape index (κ3) is 4.96. The summed E-state index contributed by atoms with van der Waals surface area (Å²) in [5.74, 6) is 5.59. The zero-order valence-electron chi connectivity index (χ0n) is 27.4. The van der Waals surface area contributed by atoms with Gasteiger partial charge in [0, 0.05) is 6.07 Å². The normalized spacial score (nSPS) is 32.3. The summed E-state index contributed by atoms with van der Waals surface area (Å²) in [6.07, 6.45) is 16.6. The molecule has 1 heterocycles. The lowest BCUT2D eigenvalue weighted by atomic mass is 9.46. The lowest BCUT2D eigenvalue weighted by Crippen LogP contribution is -2.51. The van der Waals surface area contributed by atoms with Gasteiger partial charge in [-0.2, -0.15) is 17.6 Å².